The van der Waals surface area contributed by atoms with Crippen LogP contribution in [0.3, 0.4) is 0 Å². The third-order valence-corrected chi connectivity index (χ3v) is 3.81. The van der Waals surface area contributed by atoms with Crippen molar-refractivity contribution < 1.29 is 37.7 Å². The lowest BCUT2D eigenvalue weighted by Crippen LogP contribution is -2.56. The molecule has 0 saturated carbocycles. The van der Waals surface area contributed by atoms with E-state index in [1.807, 2.05) is 13.8 Å². The van der Waals surface area contributed by atoms with Crippen molar-refractivity contribution in [1.29, 1.82) is 0 Å². The van der Waals surface area contributed by atoms with Crippen LogP contribution in [-0.4, -0.2) is 55.4 Å². The lowest BCUT2D eigenvalue weighted by atomic mass is 10.1. The number of esters is 1. The van der Waals surface area contributed by atoms with Gasteiger partial charge in [-0.25, -0.2) is 9.18 Å². The largest absolute Gasteiger partial charge is 0.489 e. The maximum atomic E-state index is 13.9. The van der Waals surface area contributed by atoms with Crippen LogP contribution in [0.2, 0.25) is 0 Å². The molecular formula is C22H32FNO7. The summed E-state index contributed by atoms with van der Waals surface area (Å²) in [5, 5.41) is 0. The van der Waals surface area contributed by atoms with Crippen molar-refractivity contribution in [2.24, 2.45) is 0 Å². The molecule has 8 nitrogen and oxygen atoms in total. The van der Waals surface area contributed by atoms with Gasteiger partial charge < -0.3 is 23.8 Å². The Morgan fingerprint density at radius 1 is 1.29 bits per heavy atom. The molecule has 1 fully saturated rings. The second kappa shape index (κ2) is 11.6. The Bertz CT molecular complexity index is 761. The number of halogens is 1. The number of hydrogen-bond acceptors (Lipinski definition) is 7. The highest BCUT2D eigenvalue weighted by atomic mass is 19.1. The molecule has 1 saturated heterocycles. The second-order valence-corrected chi connectivity index (χ2v) is 7.75. The molecule has 0 aliphatic carbocycles. The van der Waals surface area contributed by atoms with E-state index >= 15 is 0 Å². The monoisotopic (exact) mass is 441 g/mol. The fourth-order valence-electron chi connectivity index (χ4n) is 2.79. The Morgan fingerprint density at radius 3 is 2.48 bits per heavy atom. The van der Waals surface area contributed by atoms with E-state index < -0.39 is 35.5 Å². The zero-order valence-corrected chi connectivity index (χ0v) is 19.1. The Labute approximate surface area is 182 Å². The van der Waals surface area contributed by atoms with Crippen LogP contribution in [0.1, 0.15) is 48.5 Å². The van der Waals surface area contributed by atoms with Gasteiger partial charge in [0.25, 0.3) is 12.4 Å². The lowest BCUT2D eigenvalue weighted by molar-refractivity contribution is -0.184. The van der Waals surface area contributed by atoms with Crippen LogP contribution in [0, 0.1) is 5.82 Å². The molecule has 2 atom stereocenters. The molecule has 0 N–H and O–H groups in total. The van der Waals surface area contributed by atoms with Crippen molar-refractivity contribution in [2.45, 2.75) is 72.4 Å². The summed E-state index contributed by atoms with van der Waals surface area (Å²) >= 11 is 0. The van der Waals surface area contributed by atoms with E-state index in [2.05, 4.69) is 0 Å². The highest BCUT2D eigenvalue weighted by Crippen LogP contribution is 2.32. The fraction of sp³-hybridized carbons (Fsp3) is 0.591. The quantitative estimate of drug-likeness (QED) is 0.474. The number of morpholine rings is 1. The third-order valence-electron chi connectivity index (χ3n) is 3.81. The summed E-state index contributed by atoms with van der Waals surface area (Å²) < 4.78 is 35.1. The second-order valence-electron chi connectivity index (χ2n) is 7.75. The van der Waals surface area contributed by atoms with Crippen molar-refractivity contribution in [1.82, 2.24) is 0 Å². The summed E-state index contributed by atoms with van der Waals surface area (Å²) in [6, 6.07) is 3.82. The first kappa shape index (κ1) is 26.4. The lowest BCUT2D eigenvalue weighted by Gasteiger charge is -2.36. The SMILES string of the molecule is CC.CC(C)Oc1ccc(F)cc1N1CCOC(C(OC=O)C(=O)OC(C)(C)C)C1=O. The summed E-state index contributed by atoms with van der Waals surface area (Å²) in [7, 11) is 0. The normalized spacial score (nSPS) is 17.4. The van der Waals surface area contributed by atoms with Gasteiger partial charge in [0.2, 0.25) is 6.10 Å². The van der Waals surface area contributed by atoms with Gasteiger partial charge in [-0.3, -0.25) is 9.59 Å². The highest BCUT2D eigenvalue weighted by molar-refractivity contribution is 6.01. The molecule has 2 unspecified atom stereocenters. The first-order valence-electron chi connectivity index (χ1n) is 10.2. The molecular weight excluding hydrogens is 409 g/mol. The number of hydrogen-bond donors (Lipinski definition) is 0. The molecule has 1 aliphatic rings. The predicted octanol–water partition coefficient (Wildman–Crippen LogP) is 3.25. The molecule has 0 radical (unpaired) electrons. The molecule has 1 heterocycles. The minimum absolute atomic E-state index is 0.0373. The van der Waals surface area contributed by atoms with Gasteiger partial charge in [0.1, 0.15) is 17.2 Å². The summed E-state index contributed by atoms with van der Waals surface area (Å²) in [5.41, 5.74) is -0.661. The van der Waals surface area contributed by atoms with Crippen molar-refractivity contribution in [3.8, 4) is 5.75 Å². The number of benzene rings is 1. The van der Waals surface area contributed by atoms with Crippen molar-refractivity contribution in [2.75, 3.05) is 18.1 Å². The van der Waals surface area contributed by atoms with Crippen molar-refractivity contribution >= 4 is 24.0 Å². The zero-order valence-electron chi connectivity index (χ0n) is 19.1. The van der Waals surface area contributed by atoms with Gasteiger partial charge in [-0.2, -0.15) is 0 Å². The Hall–Kier alpha value is -2.68. The number of amides is 1. The Morgan fingerprint density at radius 2 is 1.94 bits per heavy atom. The van der Waals surface area contributed by atoms with Gasteiger partial charge in [-0.1, -0.05) is 13.8 Å². The van der Waals surface area contributed by atoms with Crippen LogP contribution < -0.4 is 9.64 Å². The summed E-state index contributed by atoms with van der Waals surface area (Å²) in [6.07, 6.45) is -3.23. The number of rotatable bonds is 7. The summed E-state index contributed by atoms with van der Waals surface area (Å²) in [4.78, 5) is 37.7. The standard InChI is InChI=1S/C20H26FNO7.C2H6/c1-12(2)28-15-7-6-13(21)10-14(15)22-8-9-26-16(18(22)24)17(27-11-23)19(25)29-20(3,4)5;1-2/h6-7,10-12,16-17H,8-9H2,1-5H3;1-2H3. The molecule has 9 heteroatoms. The maximum Gasteiger partial charge on any atom is 0.351 e. The zero-order chi connectivity index (χ0) is 23.8. The fourth-order valence-corrected chi connectivity index (χ4v) is 2.79. The van der Waals surface area contributed by atoms with Crippen LogP contribution in [-0.2, 0) is 28.6 Å². The van der Waals surface area contributed by atoms with E-state index in [-0.39, 0.29) is 31.4 Å². The van der Waals surface area contributed by atoms with Gasteiger partial charge in [0.05, 0.1) is 18.4 Å². The van der Waals surface area contributed by atoms with Gasteiger partial charge in [-0.15, -0.1) is 0 Å². The summed E-state index contributed by atoms with van der Waals surface area (Å²) in [6.45, 7) is 12.7. The van der Waals surface area contributed by atoms with E-state index in [1.165, 1.54) is 23.1 Å². The van der Waals surface area contributed by atoms with Gasteiger partial charge in [-0.05, 0) is 46.8 Å². The van der Waals surface area contributed by atoms with E-state index in [9.17, 15) is 18.8 Å². The average Bonchev–Trinajstić information content (AvgIpc) is 2.68. The molecule has 31 heavy (non-hydrogen) atoms. The van der Waals surface area contributed by atoms with Gasteiger partial charge in [0, 0.05) is 12.6 Å². The van der Waals surface area contributed by atoms with E-state index in [0.29, 0.717) is 5.75 Å². The summed E-state index contributed by atoms with van der Waals surface area (Å²) in [5.74, 6) is -1.84. The number of ether oxygens (including phenoxy) is 4. The number of nitrogens with zero attached hydrogens (tertiary/aromatic N) is 1. The Kier molecular flexibility index (Phi) is 9.90. The minimum atomic E-state index is -1.59. The van der Waals surface area contributed by atoms with Crippen LogP contribution in [0.25, 0.3) is 0 Å². The molecule has 1 aliphatic heterocycles. The first-order chi connectivity index (χ1) is 14.5. The third kappa shape index (κ3) is 7.50. The molecule has 1 aromatic carbocycles. The smallest absolute Gasteiger partial charge is 0.351 e. The first-order valence-corrected chi connectivity index (χ1v) is 10.2. The topological polar surface area (TPSA) is 91.4 Å². The molecule has 1 aromatic rings. The highest BCUT2D eigenvalue weighted by Gasteiger charge is 2.44. The molecule has 1 amide bonds. The minimum Gasteiger partial charge on any atom is -0.489 e. The van der Waals surface area contributed by atoms with Crippen molar-refractivity contribution in [3.63, 3.8) is 0 Å². The molecule has 0 aromatic heterocycles. The van der Waals surface area contributed by atoms with Crippen LogP contribution in [0.5, 0.6) is 5.75 Å². The van der Waals surface area contributed by atoms with Crippen molar-refractivity contribution in [3.05, 3.63) is 24.0 Å². The predicted molar refractivity (Wildman–Crippen MR) is 112 cm³/mol. The van der Waals surface area contributed by atoms with Crippen LogP contribution in [0.15, 0.2) is 18.2 Å². The van der Waals surface area contributed by atoms with Gasteiger partial charge >= 0.3 is 5.97 Å². The van der Waals surface area contributed by atoms with Gasteiger partial charge in [0.15, 0.2) is 6.10 Å². The van der Waals surface area contributed by atoms with E-state index in [0.717, 1.165) is 0 Å². The molecule has 174 valence electrons. The van der Waals surface area contributed by atoms with Crippen LogP contribution in [0.4, 0.5) is 10.1 Å². The van der Waals surface area contributed by atoms with Crippen LogP contribution >= 0.6 is 0 Å². The number of anilines is 1. The maximum absolute atomic E-state index is 13.9. The molecule has 0 spiro atoms. The van der Waals surface area contributed by atoms with E-state index in [1.54, 1.807) is 34.6 Å². The number of carbonyl (C=O) groups is 3. The average molecular weight is 441 g/mol. The van der Waals surface area contributed by atoms with E-state index in [4.69, 9.17) is 18.9 Å². The molecule has 2 rings (SSSR count). The number of carbonyl (C=O) groups excluding carboxylic acids is 3. The molecule has 0 bridgehead atoms. The Balaban J connectivity index is 0.00000233.